The highest BCUT2D eigenvalue weighted by Gasteiger charge is 2.11. The summed E-state index contributed by atoms with van der Waals surface area (Å²) in [5, 5.41) is 3.23. The second-order valence-corrected chi connectivity index (χ2v) is 5.28. The predicted octanol–water partition coefficient (Wildman–Crippen LogP) is 0.137. The van der Waals surface area contributed by atoms with Crippen molar-refractivity contribution >= 4 is 23.1 Å². The average Bonchev–Trinajstić information content (AvgIpc) is 2.29. The molecule has 0 aromatic carbocycles. The van der Waals surface area contributed by atoms with E-state index in [1.165, 1.54) is 0 Å². The summed E-state index contributed by atoms with van der Waals surface area (Å²) in [5.74, 6) is -0.0514. The Bertz CT molecular complexity index is 280. The summed E-state index contributed by atoms with van der Waals surface area (Å²) in [6.45, 7) is 7.44. The lowest BCUT2D eigenvalue weighted by Gasteiger charge is -2.26. The van der Waals surface area contributed by atoms with Gasteiger partial charge in [0.1, 0.15) is 0 Å². The average molecular weight is 273 g/mol. The maximum absolute atomic E-state index is 10.8. The molecule has 1 saturated heterocycles. The Morgan fingerprint density at radius 2 is 2.11 bits per heavy atom. The van der Waals surface area contributed by atoms with Gasteiger partial charge < -0.3 is 15.8 Å². The van der Waals surface area contributed by atoms with E-state index in [4.69, 9.17) is 22.7 Å². The molecular formula is C12H23N3O2S. The lowest BCUT2D eigenvalue weighted by molar-refractivity contribution is -0.118. The molecule has 0 aliphatic carbocycles. The molecule has 0 spiro atoms. The molecule has 1 atom stereocenters. The zero-order chi connectivity index (χ0) is 13.4. The van der Waals surface area contributed by atoms with Gasteiger partial charge in [-0.1, -0.05) is 19.1 Å². The summed E-state index contributed by atoms with van der Waals surface area (Å²) in [6.07, 6.45) is 1.12. The third-order valence-corrected chi connectivity index (χ3v) is 3.25. The van der Waals surface area contributed by atoms with Crippen molar-refractivity contribution in [3.05, 3.63) is 0 Å². The summed E-state index contributed by atoms with van der Waals surface area (Å²) in [5.41, 5.74) is 5.15. The van der Waals surface area contributed by atoms with Crippen molar-refractivity contribution in [3.8, 4) is 0 Å². The molecule has 0 unspecified atom stereocenters. The number of carbonyl (C=O) groups excluding carboxylic acids is 1. The molecule has 1 heterocycles. The van der Waals surface area contributed by atoms with Crippen LogP contribution >= 0.6 is 12.2 Å². The quantitative estimate of drug-likeness (QED) is 0.646. The van der Waals surface area contributed by atoms with E-state index in [1.54, 1.807) is 0 Å². The maximum atomic E-state index is 10.8. The molecule has 3 N–H and O–H groups in total. The summed E-state index contributed by atoms with van der Waals surface area (Å²) in [7, 11) is 0. The van der Waals surface area contributed by atoms with Crippen molar-refractivity contribution in [2.24, 2.45) is 11.7 Å². The Morgan fingerprint density at radius 3 is 2.72 bits per heavy atom. The number of amides is 1. The standard InChI is InChI=1S/C12H23N3O2S/c1-10(8-11(13)16)9-12(18)14-2-3-15-4-6-17-7-5-15/h10H,2-9H2,1H3,(H2,13,16)(H,14,18)/t10-/m1/s1. The molecule has 0 saturated carbocycles. The molecule has 18 heavy (non-hydrogen) atoms. The van der Waals surface area contributed by atoms with Crippen LogP contribution in [0.1, 0.15) is 19.8 Å². The number of nitrogens with zero attached hydrogens (tertiary/aromatic N) is 1. The molecule has 0 radical (unpaired) electrons. The van der Waals surface area contributed by atoms with E-state index < -0.39 is 0 Å². The van der Waals surface area contributed by atoms with Crippen LogP contribution in [0.15, 0.2) is 0 Å². The predicted molar refractivity (Wildman–Crippen MR) is 75.5 cm³/mol. The lowest BCUT2D eigenvalue weighted by atomic mass is 10.0. The number of carbonyl (C=O) groups is 1. The van der Waals surface area contributed by atoms with Crippen LogP contribution in [-0.2, 0) is 9.53 Å². The first-order chi connectivity index (χ1) is 8.58. The fourth-order valence-corrected chi connectivity index (χ4v) is 2.37. The number of nitrogens with two attached hydrogens (primary N) is 1. The number of hydrogen-bond acceptors (Lipinski definition) is 4. The lowest BCUT2D eigenvalue weighted by Crippen LogP contribution is -2.41. The van der Waals surface area contributed by atoms with Crippen LogP contribution in [-0.4, -0.2) is 55.2 Å². The highest BCUT2D eigenvalue weighted by molar-refractivity contribution is 7.80. The molecule has 5 nitrogen and oxygen atoms in total. The third-order valence-electron chi connectivity index (χ3n) is 2.94. The van der Waals surface area contributed by atoms with Gasteiger partial charge in [0, 0.05) is 39.0 Å². The maximum Gasteiger partial charge on any atom is 0.217 e. The van der Waals surface area contributed by atoms with Crippen molar-refractivity contribution < 1.29 is 9.53 Å². The van der Waals surface area contributed by atoms with Crippen molar-refractivity contribution in [2.75, 3.05) is 39.4 Å². The van der Waals surface area contributed by atoms with Gasteiger partial charge in [-0.15, -0.1) is 0 Å². The highest BCUT2D eigenvalue weighted by Crippen LogP contribution is 2.07. The molecule has 1 rings (SSSR count). The van der Waals surface area contributed by atoms with E-state index in [9.17, 15) is 4.79 Å². The molecule has 1 amide bonds. The van der Waals surface area contributed by atoms with Gasteiger partial charge in [0.25, 0.3) is 0 Å². The summed E-state index contributed by atoms with van der Waals surface area (Å²) >= 11 is 5.24. The normalized spacial score (nSPS) is 18.3. The largest absolute Gasteiger partial charge is 0.379 e. The van der Waals surface area contributed by atoms with Crippen LogP contribution in [0, 0.1) is 5.92 Å². The highest BCUT2D eigenvalue weighted by atomic mass is 32.1. The Morgan fingerprint density at radius 1 is 1.44 bits per heavy atom. The smallest absolute Gasteiger partial charge is 0.217 e. The van der Waals surface area contributed by atoms with Crippen molar-refractivity contribution in [1.82, 2.24) is 10.2 Å². The number of hydrogen-bond donors (Lipinski definition) is 2. The molecule has 0 aromatic rings. The van der Waals surface area contributed by atoms with Crippen molar-refractivity contribution in [3.63, 3.8) is 0 Å². The SMILES string of the molecule is C[C@H](CC(N)=O)CC(=S)NCCN1CCOCC1. The number of rotatable bonds is 7. The number of primary amides is 1. The third kappa shape index (κ3) is 6.88. The first kappa shape index (κ1) is 15.3. The van der Waals surface area contributed by atoms with Gasteiger partial charge >= 0.3 is 0 Å². The van der Waals surface area contributed by atoms with Crippen LogP contribution in [0.5, 0.6) is 0 Å². The van der Waals surface area contributed by atoms with Crippen molar-refractivity contribution in [1.29, 1.82) is 0 Å². The second kappa shape index (κ2) is 8.39. The monoisotopic (exact) mass is 273 g/mol. The summed E-state index contributed by atoms with van der Waals surface area (Å²) in [6, 6.07) is 0. The zero-order valence-electron chi connectivity index (χ0n) is 11.0. The minimum absolute atomic E-state index is 0.214. The molecule has 0 bridgehead atoms. The van der Waals surface area contributed by atoms with Gasteiger partial charge in [-0.2, -0.15) is 0 Å². The number of morpholine rings is 1. The van der Waals surface area contributed by atoms with Gasteiger partial charge in [0.2, 0.25) is 5.91 Å². The summed E-state index contributed by atoms with van der Waals surface area (Å²) < 4.78 is 5.29. The Labute approximate surface area is 114 Å². The topological polar surface area (TPSA) is 67.6 Å². The number of thiocarbonyl (C=S) groups is 1. The first-order valence-corrected chi connectivity index (χ1v) is 6.84. The van der Waals surface area contributed by atoms with Crippen LogP contribution in [0.25, 0.3) is 0 Å². The Balaban J connectivity index is 2.07. The fourth-order valence-electron chi connectivity index (χ4n) is 1.98. The Hall–Kier alpha value is -0.720. The second-order valence-electron chi connectivity index (χ2n) is 4.78. The zero-order valence-corrected chi connectivity index (χ0v) is 11.8. The minimum Gasteiger partial charge on any atom is -0.379 e. The van der Waals surface area contributed by atoms with Gasteiger partial charge in [-0.3, -0.25) is 9.69 Å². The van der Waals surface area contributed by atoms with Crippen LogP contribution in [0.2, 0.25) is 0 Å². The molecule has 6 heteroatoms. The molecule has 1 aliphatic rings. The van der Waals surface area contributed by atoms with E-state index in [-0.39, 0.29) is 11.8 Å². The number of nitrogens with one attached hydrogen (secondary N) is 1. The van der Waals surface area contributed by atoms with Gasteiger partial charge in [0.15, 0.2) is 0 Å². The van der Waals surface area contributed by atoms with Gasteiger partial charge in [-0.25, -0.2) is 0 Å². The summed E-state index contributed by atoms with van der Waals surface area (Å²) in [4.78, 5) is 13.9. The molecule has 1 fully saturated rings. The van der Waals surface area contributed by atoms with Crippen LogP contribution in [0.4, 0.5) is 0 Å². The minimum atomic E-state index is -0.265. The molecule has 104 valence electrons. The Kier molecular flexibility index (Phi) is 7.15. The van der Waals surface area contributed by atoms with Crippen LogP contribution < -0.4 is 11.1 Å². The van der Waals surface area contributed by atoms with E-state index in [2.05, 4.69) is 10.2 Å². The first-order valence-electron chi connectivity index (χ1n) is 6.43. The molecule has 1 aliphatic heterocycles. The van der Waals surface area contributed by atoms with E-state index >= 15 is 0 Å². The fraction of sp³-hybridized carbons (Fsp3) is 0.833. The van der Waals surface area contributed by atoms with E-state index in [1.807, 2.05) is 6.92 Å². The number of ether oxygens (including phenoxy) is 1. The molecule has 0 aromatic heterocycles. The van der Waals surface area contributed by atoms with E-state index in [0.29, 0.717) is 6.42 Å². The molecular weight excluding hydrogens is 250 g/mol. The van der Waals surface area contributed by atoms with Gasteiger partial charge in [-0.05, 0) is 5.92 Å². The van der Waals surface area contributed by atoms with E-state index in [0.717, 1.165) is 50.8 Å². The van der Waals surface area contributed by atoms with Crippen molar-refractivity contribution in [2.45, 2.75) is 19.8 Å². The van der Waals surface area contributed by atoms with Crippen LogP contribution in [0.3, 0.4) is 0 Å². The van der Waals surface area contributed by atoms with Gasteiger partial charge in [0.05, 0.1) is 18.2 Å².